The van der Waals surface area contributed by atoms with Crippen LogP contribution in [0.3, 0.4) is 0 Å². The molecule has 0 spiro atoms. The van der Waals surface area contributed by atoms with Crippen LogP contribution < -0.4 is 0 Å². The number of benzene rings is 1. The minimum Gasteiger partial charge on any atom is -0.507 e. The van der Waals surface area contributed by atoms with E-state index in [-0.39, 0.29) is 23.8 Å². The molecular formula is C20H17N3O3S. The van der Waals surface area contributed by atoms with E-state index in [0.717, 1.165) is 31.2 Å². The summed E-state index contributed by atoms with van der Waals surface area (Å²) in [6.07, 6.45) is 4.29. The molecule has 0 saturated heterocycles. The fourth-order valence-corrected chi connectivity index (χ4v) is 4.34. The first kappa shape index (κ1) is 17.3. The van der Waals surface area contributed by atoms with Gasteiger partial charge < -0.3 is 14.8 Å². The number of nitriles is 1. The summed E-state index contributed by atoms with van der Waals surface area (Å²) < 4.78 is 5.22. The van der Waals surface area contributed by atoms with Gasteiger partial charge in [-0.05, 0) is 49.4 Å². The molecule has 4 rings (SSSR count). The van der Waals surface area contributed by atoms with Crippen molar-refractivity contribution in [3.8, 4) is 6.07 Å². The van der Waals surface area contributed by atoms with Crippen LogP contribution >= 0.6 is 11.3 Å². The van der Waals surface area contributed by atoms with Crippen LogP contribution in [0.15, 0.2) is 36.1 Å². The van der Waals surface area contributed by atoms with Crippen LogP contribution in [0.2, 0.25) is 0 Å². The summed E-state index contributed by atoms with van der Waals surface area (Å²) in [6.45, 7) is -0.374. The van der Waals surface area contributed by atoms with Crippen molar-refractivity contribution in [3.63, 3.8) is 0 Å². The van der Waals surface area contributed by atoms with Gasteiger partial charge in [0.15, 0.2) is 11.6 Å². The number of hydrogen-bond donors (Lipinski definition) is 2. The van der Waals surface area contributed by atoms with Gasteiger partial charge in [0.1, 0.15) is 23.1 Å². The number of para-hydroxylation sites is 2. The third-order valence-corrected chi connectivity index (χ3v) is 5.78. The molecule has 27 heavy (non-hydrogen) atoms. The number of nitrogens with zero attached hydrogens (tertiary/aromatic N) is 2. The van der Waals surface area contributed by atoms with Crippen LogP contribution in [0.1, 0.15) is 38.8 Å². The Balaban J connectivity index is 1.51. The summed E-state index contributed by atoms with van der Waals surface area (Å²) in [5, 5.41) is 19.7. The van der Waals surface area contributed by atoms with Gasteiger partial charge in [0.05, 0.1) is 11.0 Å². The van der Waals surface area contributed by atoms with Crippen LogP contribution in [0.4, 0.5) is 0 Å². The number of allylic oxidation sites excluding steroid dienone is 1. The Morgan fingerprint density at radius 3 is 2.93 bits per heavy atom. The Labute approximate surface area is 159 Å². The first-order chi connectivity index (χ1) is 13.2. The number of aliphatic hydroxyl groups is 1. The molecule has 7 heteroatoms. The zero-order valence-electron chi connectivity index (χ0n) is 14.5. The average Bonchev–Trinajstić information content (AvgIpc) is 3.30. The third-order valence-electron chi connectivity index (χ3n) is 4.56. The number of aryl methyl sites for hydroxylation is 2. The second-order valence-electron chi connectivity index (χ2n) is 6.38. The average molecular weight is 379 g/mol. The lowest BCUT2D eigenvalue weighted by Gasteiger charge is -2.08. The Bertz CT molecular complexity index is 1030. The van der Waals surface area contributed by atoms with E-state index in [0.29, 0.717) is 10.4 Å². The number of nitrogens with one attached hydrogen (secondary N) is 1. The van der Waals surface area contributed by atoms with Crippen molar-refractivity contribution in [2.45, 2.75) is 25.7 Å². The van der Waals surface area contributed by atoms with Crippen molar-refractivity contribution in [3.05, 3.63) is 57.2 Å². The smallest absolute Gasteiger partial charge is 0.348 e. The van der Waals surface area contributed by atoms with E-state index in [9.17, 15) is 15.2 Å². The number of H-pyrrole nitrogens is 1. The van der Waals surface area contributed by atoms with Gasteiger partial charge in [-0.1, -0.05) is 12.1 Å². The maximum absolute atomic E-state index is 12.3. The minimum atomic E-state index is -0.483. The lowest BCUT2D eigenvalue weighted by molar-refractivity contribution is 0.0508. The van der Waals surface area contributed by atoms with Gasteiger partial charge in [-0.15, -0.1) is 11.3 Å². The van der Waals surface area contributed by atoms with Crippen molar-refractivity contribution in [1.82, 2.24) is 9.97 Å². The Morgan fingerprint density at radius 2 is 2.15 bits per heavy atom. The summed E-state index contributed by atoms with van der Waals surface area (Å²) in [6, 6.07) is 11.1. The molecule has 3 aromatic rings. The molecule has 2 N–H and O–H groups in total. The lowest BCUT2D eigenvalue weighted by atomic mass is 9.99. The number of hydrogen-bond acceptors (Lipinski definition) is 6. The fraction of sp³-hybridized carbons (Fsp3) is 0.250. The van der Waals surface area contributed by atoms with Crippen LogP contribution in [0.5, 0.6) is 0 Å². The van der Waals surface area contributed by atoms with Crippen LogP contribution in [-0.2, 0) is 17.6 Å². The second kappa shape index (κ2) is 7.25. The largest absolute Gasteiger partial charge is 0.507 e. The Kier molecular flexibility index (Phi) is 4.65. The van der Waals surface area contributed by atoms with Gasteiger partial charge in [-0.25, -0.2) is 9.78 Å². The van der Waals surface area contributed by atoms with E-state index < -0.39 is 5.97 Å². The Hall–Kier alpha value is -3.11. The zero-order chi connectivity index (χ0) is 18.8. The molecule has 0 unspecified atom stereocenters. The number of ether oxygens (including phenoxy) is 1. The van der Waals surface area contributed by atoms with Crippen molar-refractivity contribution < 1.29 is 14.6 Å². The van der Waals surface area contributed by atoms with Crippen molar-refractivity contribution in [1.29, 1.82) is 5.26 Å². The summed E-state index contributed by atoms with van der Waals surface area (Å²) in [4.78, 5) is 21.4. The van der Waals surface area contributed by atoms with Gasteiger partial charge in [0.25, 0.3) is 0 Å². The number of carbonyl (C=O) groups excluding carboxylic acids is 1. The van der Waals surface area contributed by atoms with Crippen molar-refractivity contribution in [2.75, 3.05) is 6.61 Å². The minimum absolute atomic E-state index is 0.0375. The van der Waals surface area contributed by atoms with Crippen molar-refractivity contribution in [2.24, 2.45) is 0 Å². The van der Waals surface area contributed by atoms with E-state index in [1.807, 2.05) is 30.3 Å². The van der Waals surface area contributed by atoms with Crippen LogP contribution in [0.25, 0.3) is 16.6 Å². The number of imidazole rings is 1. The van der Waals surface area contributed by atoms with E-state index in [1.165, 1.54) is 21.8 Å². The maximum atomic E-state index is 12.3. The van der Waals surface area contributed by atoms with Gasteiger partial charge in [0, 0.05) is 4.88 Å². The number of carbonyl (C=O) groups is 1. The highest BCUT2D eigenvalue weighted by atomic mass is 32.1. The number of rotatable bonds is 4. The van der Waals surface area contributed by atoms with E-state index in [1.54, 1.807) is 6.07 Å². The van der Waals surface area contributed by atoms with Gasteiger partial charge in [-0.2, -0.15) is 5.26 Å². The van der Waals surface area contributed by atoms with E-state index in [2.05, 4.69) is 9.97 Å². The number of thiophene rings is 1. The quantitative estimate of drug-likeness (QED) is 0.403. The lowest BCUT2D eigenvalue weighted by Crippen LogP contribution is -2.08. The molecule has 2 aromatic heterocycles. The standard InChI is InChI=1S/C20H17N3O3S/c21-10-13(19-22-14-6-2-3-7-15(14)23-19)16(24)11-26-20(25)18-9-12-5-1-4-8-17(12)27-18/h2-3,6-7,9,24H,1,4-5,8,11H2,(H,22,23)/b16-13+. The molecule has 0 amide bonds. The van der Waals surface area contributed by atoms with E-state index in [4.69, 9.17) is 4.74 Å². The molecular weight excluding hydrogens is 362 g/mol. The molecule has 0 bridgehead atoms. The maximum Gasteiger partial charge on any atom is 0.348 e. The summed E-state index contributed by atoms with van der Waals surface area (Å²) in [5.74, 6) is -0.562. The highest BCUT2D eigenvalue weighted by Gasteiger charge is 2.20. The predicted octanol–water partition coefficient (Wildman–Crippen LogP) is 4.15. The highest BCUT2D eigenvalue weighted by Crippen LogP contribution is 2.30. The molecule has 1 aliphatic carbocycles. The molecule has 6 nitrogen and oxygen atoms in total. The van der Waals surface area contributed by atoms with Gasteiger partial charge >= 0.3 is 5.97 Å². The summed E-state index contributed by atoms with van der Waals surface area (Å²) in [5.41, 5.74) is 2.63. The van der Waals surface area contributed by atoms with Crippen molar-refractivity contribution >= 4 is 33.9 Å². The Morgan fingerprint density at radius 1 is 1.33 bits per heavy atom. The number of fused-ring (bicyclic) bond motifs is 2. The number of aliphatic hydroxyl groups excluding tert-OH is 1. The van der Waals surface area contributed by atoms with Gasteiger partial charge in [0.2, 0.25) is 0 Å². The predicted molar refractivity (Wildman–Crippen MR) is 102 cm³/mol. The first-order valence-electron chi connectivity index (χ1n) is 8.71. The van der Waals surface area contributed by atoms with E-state index >= 15 is 0 Å². The SMILES string of the molecule is N#C/C(=C(\O)COC(=O)c1cc2c(s1)CCCC2)c1nc2ccccc2[nH]1. The first-order valence-corrected chi connectivity index (χ1v) is 9.53. The fourth-order valence-electron chi connectivity index (χ4n) is 3.19. The van der Waals surface area contributed by atoms with Gasteiger partial charge in [-0.3, -0.25) is 0 Å². The zero-order valence-corrected chi connectivity index (χ0v) is 15.3. The number of aromatic amines is 1. The number of esters is 1. The van der Waals surface area contributed by atoms with Crippen LogP contribution in [-0.4, -0.2) is 27.7 Å². The molecule has 0 saturated carbocycles. The molecule has 0 aliphatic heterocycles. The molecule has 0 radical (unpaired) electrons. The molecule has 2 heterocycles. The number of aromatic nitrogens is 2. The molecule has 0 atom stereocenters. The second-order valence-corrected chi connectivity index (χ2v) is 7.52. The summed E-state index contributed by atoms with van der Waals surface area (Å²) in [7, 11) is 0. The molecule has 136 valence electrons. The topological polar surface area (TPSA) is 99.0 Å². The molecule has 1 aromatic carbocycles. The molecule has 1 aliphatic rings. The monoisotopic (exact) mass is 379 g/mol. The summed E-state index contributed by atoms with van der Waals surface area (Å²) >= 11 is 1.45. The normalized spacial score (nSPS) is 14.3. The molecule has 0 fully saturated rings. The highest BCUT2D eigenvalue weighted by molar-refractivity contribution is 7.14. The van der Waals surface area contributed by atoms with Crippen LogP contribution in [0, 0.1) is 11.3 Å². The third kappa shape index (κ3) is 3.44.